The van der Waals surface area contributed by atoms with Crippen molar-refractivity contribution in [2.24, 2.45) is 5.92 Å². The van der Waals surface area contributed by atoms with E-state index in [2.05, 4.69) is 5.32 Å². The van der Waals surface area contributed by atoms with Crippen LogP contribution in [0.2, 0.25) is 0 Å². The Bertz CT molecular complexity index is 388. The average molecular weight is 221 g/mol. The van der Waals surface area contributed by atoms with E-state index >= 15 is 0 Å². The molecule has 2 unspecified atom stereocenters. The third-order valence-electron chi connectivity index (χ3n) is 3.72. The van der Waals surface area contributed by atoms with Crippen LogP contribution in [0.3, 0.4) is 0 Å². The Morgan fingerprint density at radius 1 is 1.31 bits per heavy atom. The SMILES string of the molecule is Fc1ccc2c(c1)NCCC2C1CCOC1. The van der Waals surface area contributed by atoms with Crippen LogP contribution in [0.5, 0.6) is 0 Å². The van der Waals surface area contributed by atoms with Gasteiger partial charge in [0.1, 0.15) is 5.82 Å². The monoisotopic (exact) mass is 221 g/mol. The molecule has 2 aliphatic rings. The van der Waals surface area contributed by atoms with Crippen molar-refractivity contribution < 1.29 is 9.13 Å². The molecule has 0 amide bonds. The molecule has 1 N–H and O–H groups in total. The molecule has 1 saturated heterocycles. The lowest BCUT2D eigenvalue weighted by Gasteiger charge is -2.30. The second-order valence-electron chi connectivity index (χ2n) is 4.68. The minimum absolute atomic E-state index is 0.158. The van der Waals surface area contributed by atoms with Gasteiger partial charge in [-0.15, -0.1) is 0 Å². The number of benzene rings is 1. The van der Waals surface area contributed by atoms with Crippen LogP contribution in [-0.2, 0) is 4.74 Å². The Morgan fingerprint density at radius 2 is 2.25 bits per heavy atom. The Balaban J connectivity index is 1.93. The predicted molar refractivity (Wildman–Crippen MR) is 61.2 cm³/mol. The molecule has 1 fully saturated rings. The lowest BCUT2D eigenvalue weighted by Crippen LogP contribution is -2.23. The number of rotatable bonds is 1. The van der Waals surface area contributed by atoms with E-state index in [1.165, 1.54) is 5.56 Å². The molecular weight excluding hydrogens is 205 g/mol. The van der Waals surface area contributed by atoms with Crippen LogP contribution in [-0.4, -0.2) is 19.8 Å². The number of anilines is 1. The number of halogens is 1. The van der Waals surface area contributed by atoms with Gasteiger partial charge in [0.25, 0.3) is 0 Å². The first-order chi connectivity index (χ1) is 7.84. The molecule has 3 rings (SSSR count). The fourth-order valence-corrected chi connectivity index (χ4v) is 2.88. The predicted octanol–water partition coefficient (Wildman–Crippen LogP) is 2.76. The van der Waals surface area contributed by atoms with E-state index < -0.39 is 0 Å². The Hall–Kier alpha value is -1.09. The molecule has 1 aromatic carbocycles. The topological polar surface area (TPSA) is 21.3 Å². The second-order valence-corrected chi connectivity index (χ2v) is 4.68. The van der Waals surface area contributed by atoms with Crippen LogP contribution in [0.15, 0.2) is 18.2 Å². The summed E-state index contributed by atoms with van der Waals surface area (Å²) < 4.78 is 18.6. The minimum Gasteiger partial charge on any atom is -0.385 e. The number of fused-ring (bicyclic) bond motifs is 1. The van der Waals surface area contributed by atoms with Crippen LogP contribution < -0.4 is 5.32 Å². The summed E-state index contributed by atoms with van der Waals surface area (Å²) in [6, 6.07) is 5.10. The molecule has 0 aromatic heterocycles. The normalized spacial score (nSPS) is 28.6. The van der Waals surface area contributed by atoms with Crippen molar-refractivity contribution >= 4 is 5.69 Å². The molecule has 2 nitrogen and oxygen atoms in total. The fraction of sp³-hybridized carbons (Fsp3) is 0.538. The van der Waals surface area contributed by atoms with Gasteiger partial charge in [0.15, 0.2) is 0 Å². The zero-order valence-electron chi connectivity index (χ0n) is 9.21. The van der Waals surface area contributed by atoms with Crippen LogP contribution in [0, 0.1) is 11.7 Å². The van der Waals surface area contributed by atoms with Crippen LogP contribution in [0.25, 0.3) is 0 Å². The third kappa shape index (κ3) is 1.69. The molecule has 0 aliphatic carbocycles. The minimum atomic E-state index is -0.158. The highest BCUT2D eigenvalue weighted by Crippen LogP contribution is 2.39. The Morgan fingerprint density at radius 3 is 3.06 bits per heavy atom. The molecule has 3 heteroatoms. The van der Waals surface area contributed by atoms with Gasteiger partial charge in [-0.2, -0.15) is 0 Å². The highest BCUT2D eigenvalue weighted by Gasteiger charge is 2.30. The van der Waals surface area contributed by atoms with E-state index in [1.807, 2.05) is 6.07 Å². The van der Waals surface area contributed by atoms with Crippen molar-refractivity contribution in [2.75, 3.05) is 25.1 Å². The lowest BCUT2D eigenvalue weighted by atomic mass is 9.80. The first-order valence-corrected chi connectivity index (χ1v) is 5.95. The van der Waals surface area contributed by atoms with E-state index in [0.29, 0.717) is 11.8 Å². The summed E-state index contributed by atoms with van der Waals surface area (Å²) in [5.74, 6) is 1.00. The third-order valence-corrected chi connectivity index (χ3v) is 3.72. The van der Waals surface area contributed by atoms with Gasteiger partial charge in [0, 0.05) is 18.8 Å². The molecule has 2 atom stereocenters. The van der Waals surface area contributed by atoms with Gasteiger partial charge in [-0.3, -0.25) is 0 Å². The molecule has 0 radical (unpaired) electrons. The molecular formula is C13H16FNO. The van der Waals surface area contributed by atoms with Crippen molar-refractivity contribution in [1.29, 1.82) is 0 Å². The summed E-state index contributed by atoms with van der Waals surface area (Å²) in [4.78, 5) is 0. The summed E-state index contributed by atoms with van der Waals surface area (Å²) in [5, 5.41) is 3.28. The molecule has 2 aliphatic heterocycles. The van der Waals surface area contributed by atoms with Gasteiger partial charge in [-0.1, -0.05) is 6.07 Å². The van der Waals surface area contributed by atoms with Gasteiger partial charge in [0.2, 0.25) is 0 Å². The first-order valence-electron chi connectivity index (χ1n) is 5.95. The fourth-order valence-electron chi connectivity index (χ4n) is 2.88. The van der Waals surface area contributed by atoms with Gasteiger partial charge in [0.05, 0.1) is 6.61 Å². The summed E-state index contributed by atoms with van der Waals surface area (Å²) >= 11 is 0. The maximum Gasteiger partial charge on any atom is 0.125 e. The molecule has 16 heavy (non-hydrogen) atoms. The maximum atomic E-state index is 13.1. The van der Waals surface area contributed by atoms with Crippen molar-refractivity contribution in [2.45, 2.75) is 18.8 Å². The van der Waals surface area contributed by atoms with E-state index in [1.54, 1.807) is 12.1 Å². The summed E-state index contributed by atoms with van der Waals surface area (Å²) in [6.45, 7) is 2.68. The van der Waals surface area contributed by atoms with Crippen LogP contribution >= 0.6 is 0 Å². The zero-order chi connectivity index (χ0) is 11.0. The van der Waals surface area contributed by atoms with E-state index in [0.717, 1.165) is 38.3 Å². The van der Waals surface area contributed by atoms with Gasteiger partial charge >= 0.3 is 0 Å². The smallest absolute Gasteiger partial charge is 0.125 e. The van der Waals surface area contributed by atoms with Crippen LogP contribution in [0.4, 0.5) is 10.1 Å². The molecule has 2 heterocycles. The van der Waals surface area contributed by atoms with Gasteiger partial charge in [-0.05, 0) is 42.4 Å². The number of nitrogens with one attached hydrogen (secondary N) is 1. The molecule has 0 saturated carbocycles. The standard InChI is InChI=1S/C13H16FNO/c14-10-1-2-12-11(9-4-6-16-8-9)3-5-15-13(12)7-10/h1-2,7,9,11,15H,3-6,8H2. The van der Waals surface area contributed by atoms with Gasteiger partial charge in [-0.25, -0.2) is 4.39 Å². The van der Waals surface area contributed by atoms with Crippen molar-refractivity contribution in [3.63, 3.8) is 0 Å². The zero-order valence-corrected chi connectivity index (χ0v) is 9.21. The van der Waals surface area contributed by atoms with Crippen molar-refractivity contribution in [3.8, 4) is 0 Å². The van der Waals surface area contributed by atoms with Gasteiger partial charge < -0.3 is 10.1 Å². The summed E-state index contributed by atoms with van der Waals surface area (Å²) in [5.41, 5.74) is 2.24. The van der Waals surface area contributed by atoms with Crippen molar-refractivity contribution in [3.05, 3.63) is 29.6 Å². The highest BCUT2D eigenvalue weighted by atomic mass is 19.1. The van der Waals surface area contributed by atoms with E-state index in [-0.39, 0.29) is 5.82 Å². The van der Waals surface area contributed by atoms with Crippen molar-refractivity contribution in [1.82, 2.24) is 0 Å². The largest absolute Gasteiger partial charge is 0.385 e. The Labute approximate surface area is 94.8 Å². The molecule has 0 bridgehead atoms. The highest BCUT2D eigenvalue weighted by molar-refractivity contribution is 5.55. The average Bonchev–Trinajstić information content (AvgIpc) is 2.81. The first kappa shape index (κ1) is 10.1. The summed E-state index contributed by atoms with van der Waals surface area (Å²) in [6.07, 6.45) is 2.27. The maximum absolute atomic E-state index is 13.1. The number of hydrogen-bond donors (Lipinski definition) is 1. The molecule has 1 aromatic rings. The number of hydrogen-bond acceptors (Lipinski definition) is 2. The summed E-state index contributed by atoms with van der Waals surface area (Å²) in [7, 11) is 0. The number of ether oxygens (including phenoxy) is 1. The second kappa shape index (κ2) is 4.06. The van der Waals surface area contributed by atoms with E-state index in [9.17, 15) is 4.39 Å². The van der Waals surface area contributed by atoms with Crippen LogP contribution in [0.1, 0.15) is 24.3 Å². The molecule has 86 valence electrons. The van der Waals surface area contributed by atoms with E-state index in [4.69, 9.17) is 4.74 Å². The molecule has 0 spiro atoms. The lowest BCUT2D eigenvalue weighted by molar-refractivity contribution is 0.179. The quantitative estimate of drug-likeness (QED) is 0.787. The Kier molecular flexibility index (Phi) is 2.56.